The smallest absolute Gasteiger partial charge is 0.274 e. The molecule has 0 atom stereocenters. The maximum Gasteiger partial charge on any atom is 0.274 e. The number of guanidine groups is 1. The number of nitrogens with one attached hydrogen (secondary N) is 2. The van der Waals surface area contributed by atoms with Gasteiger partial charge < -0.3 is 5.32 Å². The first-order valence-corrected chi connectivity index (χ1v) is 8.16. The summed E-state index contributed by atoms with van der Waals surface area (Å²) >= 11 is 0. The fourth-order valence-electron chi connectivity index (χ4n) is 2.23. The van der Waals surface area contributed by atoms with E-state index in [0.717, 1.165) is 11.1 Å². The maximum absolute atomic E-state index is 11.9. The van der Waals surface area contributed by atoms with Crippen LogP contribution in [0.2, 0.25) is 0 Å². The summed E-state index contributed by atoms with van der Waals surface area (Å²) in [5.41, 5.74) is 2.56. The van der Waals surface area contributed by atoms with Crippen molar-refractivity contribution in [2.24, 2.45) is 10.2 Å². The Balaban J connectivity index is 1.56. The molecule has 1 aliphatic heterocycles. The van der Waals surface area contributed by atoms with E-state index in [1.54, 1.807) is 18.4 Å². The Morgan fingerprint density at radius 2 is 1.38 bits per heavy atom. The van der Waals surface area contributed by atoms with Gasteiger partial charge in [0.2, 0.25) is 5.96 Å². The Bertz CT molecular complexity index is 894. The van der Waals surface area contributed by atoms with E-state index in [1.807, 2.05) is 78.9 Å². The molecule has 0 radical (unpaired) electrons. The zero-order valence-corrected chi connectivity index (χ0v) is 14.0. The highest BCUT2D eigenvalue weighted by molar-refractivity contribution is 6.13. The molecule has 128 valence electrons. The van der Waals surface area contributed by atoms with Crippen molar-refractivity contribution in [3.63, 3.8) is 0 Å². The first kappa shape index (κ1) is 17.1. The number of hydrogen-bond acceptors (Lipinski definition) is 3. The van der Waals surface area contributed by atoms with E-state index in [-0.39, 0.29) is 5.91 Å². The normalized spacial score (nSPS) is 17.6. The number of amides is 1. The first-order chi connectivity index (χ1) is 12.8. The van der Waals surface area contributed by atoms with Crippen molar-refractivity contribution in [2.75, 3.05) is 0 Å². The summed E-state index contributed by atoms with van der Waals surface area (Å²) < 4.78 is 0. The lowest BCUT2D eigenvalue weighted by atomic mass is 10.2. The molecule has 1 fully saturated rings. The van der Waals surface area contributed by atoms with Crippen LogP contribution in [0.4, 0.5) is 0 Å². The number of benzene rings is 2. The lowest BCUT2D eigenvalue weighted by Gasteiger charge is -1.92. The third kappa shape index (κ3) is 5.14. The van der Waals surface area contributed by atoms with Gasteiger partial charge in [0.25, 0.3) is 5.91 Å². The van der Waals surface area contributed by atoms with Crippen molar-refractivity contribution in [2.45, 2.75) is 0 Å². The van der Waals surface area contributed by atoms with Gasteiger partial charge in [0, 0.05) is 6.21 Å². The third-order valence-corrected chi connectivity index (χ3v) is 3.48. The second kappa shape index (κ2) is 8.94. The molecule has 0 aliphatic carbocycles. The van der Waals surface area contributed by atoms with Crippen LogP contribution in [0.15, 0.2) is 94.8 Å². The third-order valence-electron chi connectivity index (χ3n) is 3.48. The summed E-state index contributed by atoms with van der Waals surface area (Å²) in [5, 5.41) is 13.4. The van der Waals surface area contributed by atoms with Gasteiger partial charge in [0.1, 0.15) is 5.70 Å². The van der Waals surface area contributed by atoms with Crippen molar-refractivity contribution in [1.82, 2.24) is 10.6 Å². The van der Waals surface area contributed by atoms with Crippen LogP contribution in [0.5, 0.6) is 0 Å². The molecule has 0 spiro atoms. The molecule has 2 aromatic carbocycles. The van der Waals surface area contributed by atoms with Crippen molar-refractivity contribution in [3.8, 4) is 0 Å². The number of nitrogens with zero attached hydrogens (tertiary/aromatic N) is 2. The average molecular weight is 342 g/mol. The van der Waals surface area contributed by atoms with E-state index in [0.29, 0.717) is 11.7 Å². The van der Waals surface area contributed by atoms with Gasteiger partial charge in [-0.1, -0.05) is 78.9 Å². The Hall–Kier alpha value is -3.73. The topological polar surface area (TPSA) is 65.8 Å². The molecule has 0 saturated carbocycles. The van der Waals surface area contributed by atoms with E-state index < -0.39 is 0 Å². The Kier molecular flexibility index (Phi) is 5.88. The molecule has 1 heterocycles. The summed E-state index contributed by atoms with van der Waals surface area (Å²) in [6.45, 7) is 0. The van der Waals surface area contributed by atoms with Crippen molar-refractivity contribution in [1.29, 1.82) is 0 Å². The van der Waals surface area contributed by atoms with Crippen LogP contribution >= 0.6 is 0 Å². The minimum absolute atomic E-state index is 0.239. The van der Waals surface area contributed by atoms with Crippen molar-refractivity contribution >= 4 is 30.2 Å². The van der Waals surface area contributed by atoms with Crippen LogP contribution in [0, 0.1) is 0 Å². The van der Waals surface area contributed by atoms with Gasteiger partial charge in [-0.3, -0.25) is 10.1 Å². The van der Waals surface area contributed by atoms with Crippen LogP contribution in [-0.4, -0.2) is 18.1 Å². The Labute approximate surface area is 152 Å². The molecular weight excluding hydrogens is 324 g/mol. The molecule has 26 heavy (non-hydrogen) atoms. The lowest BCUT2D eigenvalue weighted by Crippen LogP contribution is -2.24. The van der Waals surface area contributed by atoms with Gasteiger partial charge in [-0.15, -0.1) is 5.10 Å². The quantitative estimate of drug-likeness (QED) is 0.497. The Morgan fingerprint density at radius 3 is 2.04 bits per heavy atom. The average Bonchev–Trinajstić information content (AvgIpc) is 3.03. The highest BCUT2D eigenvalue weighted by Crippen LogP contribution is 2.04. The van der Waals surface area contributed by atoms with E-state index in [1.165, 1.54) is 0 Å². The highest BCUT2D eigenvalue weighted by atomic mass is 16.2. The number of rotatable bonds is 5. The molecule has 2 aromatic rings. The number of hydrogen-bond donors (Lipinski definition) is 2. The predicted octanol–water partition coefficient (Wildman–Crippen LogP) is 3.36. The zero-order valence-electron chi connectivity index (χ0n) is 14.0. The highest BCUT2D eigenvalue weighted by Gasteiger charge is 2.20. The minimum Gasteiger partial charge on any atom is -0.320 e. The second-order valence-corrected chi connectivity index (χ2v) is 5.41. The summed E-state index contributed by atoms with van der Waals surface area (Å²) in [6, 6.07) is 19.7. The van der Waals surface area contributed by atoms with Crippen LogP contribution in [0.25, 0.3) is 12.2 Å². The van der Waals surface area contributed by atoms with Crippen molar-refractivity contribution < 1.29 is 4.79 Å². The van der Waals surface area contributed by atoms with Gasteiger partial charge in [0.05, 0.1) is 0 Å². The van der Waals surface area contributed by atoms with Crippen LogP contribution in [0.1, 0.15) is 11.1 Å². The molecule has 0 unspecified atom stereocenters. The van der Waals surface area contributed by atoms with Crippen LogP contribution in [-0.2, 0) is 4.79 Å². The molecule has 1 saturated heterocycles. The number of carbonyl (C=O) groups excluding carboxylic acids is 1. The molecule has 0 bridgehead atoms. The second-order valence-electron chi connectivity index (χ2n) is 5.41. The lowest BCUT2D eigenvalue weighted by molar-refractivity contribution is -0.115. The number of allylic oxidation sites excluding steroid dienone is 3. The van der Waals surface area contributed by atoms with E-state index >= 15 is 0 Å². The molecule has 1 aliphatic rings. The zero-order chi connectivity index (χ0) is 18.0. The van der Waals surface area contributed by atoms with Gasteiger partial charge in [-0.2, -0.15) is 5.10 Å². The molecule has 1 amide bonds. The Morgan fingerprint density at radius 1 is 0.769 bits per heavy atom. The fourth-order valence-corrected chi connectivity index (χ4v) is 2.23. The summed E-state index contributed by atoms with van der Waals surface area (Å²) in [7, 11) is 0. The largest absolute Gasteiger partial charge is 0.320 e. The van der Waals surface area contributed by atoms with Crippen LogP contribution in [0.3, 0.4) is 0 Å². The van der Waals surface area contributed by atoms with Gasteiger partial charge in [0.15, 0.2) is 0 Å². The fraction of sp³-hybridized carbons (Fsp3) is 0. The summed E-state index contributed by atoms with van der Waals surface area (Å²) in [4.78, 5) is 11.9. The van der Waals surface area contributed by atoms with E-state index in [9.17, 15) is 4.79 Å². The van der Waals surface area contributed by atoms with Crippen LogP contribution < -0.4 is 10.6 Å². The number of carbonyl (C=O) groups is 1. The molecule has 3 rings (SSSR count). The molecule has 2 N–H and O–H groups in total. The SMILES string of the molecule is O=C1NC(=NN=CC=Cc2ccccc2)NC1=CC=Cc1ccccc1. The molecular formula is C21H18N4O. The first-order valence-electron chi connectivity index (χ1n) is 8.16. The standard InChI is InChI=1S/C21H18N4O/c26-20-19(15-7-13-17-9-3-1-4-10-17)23-21(24-20)25-22-16-8-14-18-11-5-2-6-12-18/h1-16H,(H2,23,24,25,26). The summed E-state index contributed by atoms with van der Waals surface area (Å²) in [5.74, 6) is 0.0650. The van der Waals surface area contributed by atoms with E-state index in [2.05, 4.69) is 20.8 Å². The molecule has 5 heteroatoms. The van der Waals surface area contributed by atoms with Gasteiger partial charge in [-0.25, -0.2) is 0 Å². The molecule has 5 nitrogen and oxygen atoms in total. The van der Waals surface area contributed by atoms with Crippen molar-refractivity contribution in [3.05, 3.63) is 95.7 Å². The maximum atomic E-state index is 11.9. The molecule has 0 aromatic heterocycles. The monoisotopic (exact) mass is 342 g/mol. The van der Waals surface area contributed by atoms with Gasteiger partial charge >= 0.3 is 0 Å². The minimum atomic E-state index is -0.239. The van der Waals surface area contributed by atoms with Gasteiger partial charge in [-0.05, 0) is 23.3 Å². The van der Waals surface area contributed by atoms with E-state index in [4.69, 9.17) is 0 Å². The predicted molar refractivity (Wildman–Crippen MR) is 106 cm³/mol. The summed E-state index contributed by atoms with van der Waals surface area (Å²) in [6.07, 6.45) is 10.7.